The largest absolute Gasteiger partial charge is 0.380 e. The van der Waals surface area contributed by atoms with Crippen LogP contribution in [0.4, 0.5) is 5.69 Å². The molecule has 1 aliphatic heterocycles. The van der Waals surface area contributed by atoms with E-state index in [1.165, 1.54) is 6.33 Å². The Morgan fingerprint density at radius 3 is 3.14 bits per heavy atom. The molecule has 112 valence electrons. The van der Waals surface area contributed by atoms with Gasteiger partial charge < -0.3 is 10.1 Å². The third-order valence-corrected chi connectivity index (χ3v) is 4.04. The molecule has 1 aliphatic rings. The predicted octanol–water partition coefficient (Wildman–Crippen LogP) is 3.29. The van der Waals surface area contributed by atoms with E-state index in [2.05, 4.69) is 22.3 Å². The molecule has 0 saturated carbocycles. The maximum Gasteiger partial charge on any atom is 0.138 e. The van der Waals surface area contributed by atoms with Crippen LogP contribution in [0.5, 0.6) is 0 Å². The highest BCUT2D eigenvalue weighted by Gasteiger charge is 2.22. The molecule has 2 heterocycles. The SMILES string of the molecule is CCC1CC(Nc2cc(Cl)ccc2-n2cncn2)CCO1. The summed E-state index contributed by atoms with van der Waals surface area (Å²) in [6, 6.07) is 6.15. The van der Waals surface area contributed by atoms with Crippen molar-refractivity contribution < 1.29 is 4.74 Å². The normalized spacial score (nSPS) is 22.2. The van der Waals surface area contributed by atoms with Gasteiger partial charge in [0.25, 0.3) is 0 Å². The zero-order chi connectivity index (χ0) is 14.7. The van der Waals surface area contributed by atoms with Gasteiger partial charge in [-0.2, -0.15) is 5.10 Å². The lowest BCUT2D eigenvalue weighted by Crippen LogP contribution is -2.34. The van der Waals surface area contributed by atoms with Crippen LogP contribution >= 0.6 is 11.6 Å². The summed E-state index contributed by atoms with van der Waals surface area (Å²) in [4.78, 5) is 4.01. The highest BCUT2D eigenvalue weighted by Crippen LogP contribution is 2.27. The average molecular weight is 307 g/mol. The molecule has 2 atom stereocenters. The van der Waals surface area contributed by atoms with Crippen LogP contribution in [0.1, 0.15) is 26.2 Å². The first-order valence-corrected chi connectivity index (χ1v) is 7.66. The first-order chi connectivity index (χ1) is 10.3. The zero-order valence-corrected chi connectivity index (χ0v) is 12.8. The Morgan fingerprint density at radius 1 is 1.48 bits per heavy atom. The Morgan fingerprint density at radius 2 is 2.38 bits per heavy atom. The van der Waals surface area contributed by atoms with Crippen LogP contribution in [0, 0.1) is 0 Å². The van der Waals surface area contributed by atoms with E-state index in [4.69, 9.17) is 16.3 Å². The lowest BCUT2D eigenvalue weighted by Gasteiger charge is -2.30. The number of nitrogens with one attached hydrogen (secondary N) is 1. The molecule has 1 aromatic carbocycles. The van der Waals surface area contributed by atoms with Gasteiger partial charge in [-0.3, -0.25) is 0 Å². The van der Waals surface area contributed by atoms with E-state index in [1.54, 1.807) is 11.0 Å². The van der Waals surface area contributed by atoms with E-state index < -0.39 is 0 Å². The monoisotopic (exact) mass is 306 g/mol. The lowest BCUT2D eigenvalue weighted by atomic mass is 10.0. The molecule has 6 heteroatoms. The number of anilines is 1. The van der Waals surface area contributed by atoms with Crippen LogP contribution in [-0.4, -0.2) is 33.5 Å². The number of hydrogen-bond acceptors (Lipinski definition) is 4. The smallest absolute Gasteiger partial charge is 0.138 e. The van der Waals surface area contributed by atoms with E-state index in [0.717, 1.165) is 37.2 Å². The van der Waals surface area contributed by atoms with Crippen molar-refractivity contribution in [2.45, 2.75) is 38.3 Å². The summed E-state index contributed by atoms with van der Waals surface area (Å²) in [7, 11) is 0. The quantitative estimate of drug-likeness (QED) is 0.941. The highest BCUT2D eigenvalue weighted by molar-refractivity contribution is 6.31. The van der Waals surface area contributed by atoms with E-state index in [0.29, 0.717) is 17.2 Å². The molecule has 0 amide bonds. The predicted molar refractivity (Wildman–Crippen MR) is 83.0 cm³/mol. The Hall–Kier alpha value is -1.59. The van der Waals surface area contributed by atoms with E-state index in [9.17, 15) is 0 Å². The molecule has 1 saturated heterocycles. The van der Waals surface area contributed by atoms with E-state index in [-0.39, 0.29) is 0 Å². The summed E-state index contributed by atoms with van der Waals surface area (Å²) in [5.41, 5.74) is 1.94. The first kappa shape index (κ1) is 14.4. The fourth-order valence-corrected chi connectivity index (χ4v) is 2.84. The average Bonchev–Trinajstić information content (AvgIpc) is 3.02. The van der Waals surface area contributed by atoms with Crippen molar-refractivity contribution in [1.82, 2.24) is 14.8 Å². The van der Waals surface area contributed by atoms with Crippen molar-refractivity contribution >= 4 is 17.3 Å². The topological polar surface area (TPSA) is 52.0 Å². The minimum atomic E-state index is 0.338. The van der Waals surface area contributed by atoms with Gasteiger partial charge in [0.05, 0.1) is 17.5 Å². The van der Waals surface area contributed by atoms with Crippen LogP contribution in [-0.2, 0) is 4.74 Å². The van der Waals surface area contributed by atoms with Crippen LogP contribution in [0.3, 0.4) is 0 Å². The summed E-state index contributed by atoms with van der Waals surface area (Å²) in [6.07, 6.45) is 6.61. The molecule has 1 fully saturated rings. The van der Waals surface area contributed by atoms with E-state index >= 15 is 0 Å². The summed E-state index contributed by atoms with van der Waals surface area (Å²) in [5, 5.41) is 8.50. The molecule has 21 heavy (non-hydrogen) atoms. The van der Waals surface area contributed by atoms with Gasteiger partial charge in [-0.25, -0.2) is 9.67 Å². The molecule has 1 aromatic heterocycles. The summed E-state index contributed by atoms with van der Waals surface area (Å²) < 4.78 is 7.47. The zero-order valence-electron chi connectivity index (χ0n) is 12.0. The Labute approximate surface area is 129 Å². The third kappa shape index (κ3) is 3.36. The molecule has 0 aliphatic carbocycles. The summed E-state index contributed by atoms with van der Waals surface area (Å²) in [5.74, 6) is 0. The molecule has 0 radical (unpaired) electrons. The Kier molecular flexibility index (Phi) is 4.41. The van der Waals surface area contributed by atoms with Crippen molar-refractivity contribution in [2.24, 2.45) is 0 Å². The highest BCUT2D eigenvalue weighted by atomic mass is 35.5. The van der Waals surface area contributed by atoms with Crippen LogP contribution in [0.15, 0.2) is 30.9 Å². The fourth-order valence-electron chi connectivity index (χ4n) is 2.67. The Bertz CT molecular complexity index is 587. The van der Waals surface area contributed by atoms with Gasteiger partial charge in [-0.15, -0.1) is 0 Å². The molecule has 2 aromatic rings. The first-order valence-electron chi connectivity index (χ1n) is 7.29. The number of rotatable bonds is 4. The summed E-state index contributed by atoms with van der Waals surface area (Å²) >= 11 is 6.14. The minimum absolute atomic E-state index is 0.338. The molecular weight excluding hydrogens is 288 g/mol. The fraction of sp³-hybridized carbons (Fsp3) is 0.467. The van der Waals surface area contributed by atoms with Gasteiger partial charge >= 0.3 is 0 Å². The van der Waals surface area contributed by atoms with Gasteiger partial charge in [0, 0.05) is 17.7 Å². The maximum atomic E-state index is 6.14. The molecule has 0 spiro atoms. The molecule has 2 unspecified atom stereocenters. The van der Waals surface area contributed by atoms with Crippen molar-refractivity contribution in [3.63, 3.8) is 0 Å². The number of nitrogens with zero attached hydrogens (tertiary/aromatic N) is 3. The van der Waals surface area contributed by atoms with Crippen molar-refractivity contribution in [2.75, 3.05) is 11.9 Å². The number of halogens is 1. The second-order valence-electron chi connectivity index (χ2n) is 5.27. The molecule has 3 rings (SSSR count). The molecule has 1 N–H and O–H groups in total. The lowest BCUT2D eigenvalue weighted by molar-refractivity contribution is 0.00925. The molecule has 5 nitrogen and oxygen atoms in total. The van der Waals surface area contributed by atoms with Crippen LogP contribution in [0.25, 0.3) is 5.69 Å². The second-order valence-corrected chi connectivity index (χ2v) is 5.70. The van der Waals surface area contributed by atoms with Gasteiger partial charge in [-0.1, -0.05) is 18.5 Å². The molecule has 0 bridgehead atoms. The van der Waals surface area contributed by atoms with Crippen molar-refractivity contribution in [1.29, 1.82) is 0 Å². The van der Waals surface area contributed by atoms with Gasteiger partial charge in [0.2, 0.25) is 0 Å². The van der Waals surface area contributed by atoms with Crippen molar-refractivity contribution in [3.05, 3.63) is 35.9 Å². The Balaban J connectivity index is 1.82. The standard InChI is InChI=1S/C15H19ClN4O/c1-2-13-8-12(5-6-21-13)19-14-7-11(16)3-4-15(14)20-10-17-9-18-20/h3-4,7,9-10,12-13,19H,2,5-6,8H2,1H3. The number of benzene rings is 1. The van der Waals surface area contributed by atoms with Gasteiger partial charge in [0.1, 0.15) is 12.7 Å². The number of ether oxygens (including phenoxy) is 1. The van der Waals surface area contributed by atoms with Crippen LogP contribution in [0.2, 0.25) is 5.02 Å². The maximum absolute atomic E-state index is 6.14. The van der Waals surface area contributed by atoms with Crippen molar-refractivity contribution in [3.8, 4) is 5.69 Å². The summed E-state index contributed by atoms with van der Waals surface area (Å²) in [6.45, 7) is 2.96. The number of hydrogen-bond donors (Lipinski definition) is 1. The van der Waals surface area contributed by atoms with E-state index in [1.807, 2.05) is 18.2 Å². The second kappa shape index (κ2) is 6.45. The third-order valence-electron chi connectivity index (χ3n) is 3.81. The minimum Gasteiger partial charge on any atom is -0.380 e. The van der Waals surface area contributed by atoms with Gasteiger partial charge in [0.15, 0.2) is 0 Å². The van der Waals surface area contributed by atoms with Gasteiger partial charge in [-0.05, 0) is 37.5 Å². The number of aromatic nitrogens is 3. The molecular formula is C15H19ClN4O. The van der Waals surface area contributed by atoms with Crippen LogP contribution < -0.4 is 5.32 Å².